The maximum absolute atomic E-state index is 13.4. The molecule has 0 radical (unpaired) electrons. The molecule has 3 aromatic rings. The third kappa shape index (κ3) is 5.19. The maximum Gasteiger partial charge on any atom is 0.264 e. The van der Waals surface area contributed by atoms with E-state index in [-0.39, 0.29) is 23.4 Å². The number of anilines is 1. The maximum atomic E-state index is 13.4. The van der Waals surface area contributed by atoms with Gasteiger partial charge in [0.05, 0.1) is 16.6 Å². The fourth-order valence-corrected chi connectivity index (χ4v) is 5.13. The molecule has 0 aliphatic heterocycles. The SMILES string of the molecule is Cc1ccc(N(CC(=O)NC(C)c2cc(C)c(C)cc2C)S(=O)(=O)c2ccccc2)cc1. The highest BCUT2D eigenvalue weighted by Gasteiger charge is 2.27. The minimum absolute atomic E-state index is 0.145. The van der Waals surface area contributed by atoms with Crippen LogP contribution in [0.4, 0.5) is 5.69 Å². The second-order valence-corrected chi connectivity index (χ2v) is 10.1. The Labute approximate surface area is 191 Å². The molecule has 32 heavy (non-hydrogen) atoms. The van der Waals surface area contributed by atoms with Crippen molar-refractivity contribution in [1.29, 1.82) is 0 Å². The zero-order valence-corrected chi connectivity index (χ0v) is 20.0. The molecule has 168 valence electrons. The van der Waals surface area contributed by atoms with E-state index in [2.05, 4.69) is 24.4 Å². The Kier molecular flexibility index (Phi) is 7.04. The van der Waals surface area contributed by atoms with Crippen LogP contribution in [0.15, 0.2) is 71.6 Å². The number of hydrogen-bond acceptors (Lipinski definition) is 3. The second kappa shape index (κ2) is 9.57. The molecule has 0 aliphatic carbocycles. The molecule has 0 aliphatic rings. The van der Waals surface area contributed by atoms with Crippen molar-refractivity contribution in [2.75, 3.05) is 10.8 Å². The van der Waals surface area contributed by atoms with E-state index < -0.39 is 10.0 Å². The first-order valence-electron chi connectivity index (χ1n) is 10.6. The van der Waals surface area contributed by atoms with Crippen LogP contribution in [-0.2, 0) is 14.8 Å². The first kappa shape index (κ1) is 23.5. The Bertz CT molecular complexity index is 1200. The summed E-state index contributed by atoms with van der Waals surface area (Å²) in [4.78, 5) is 13.1. The molecule has 5 nitrogen and oxygen atoms in total. The van der Waals surface area contributed by atoms with E-state index in [0.717, 1.165) is 26.6 Å². The lowest BCUT2D eigenvalue weighted by atomic mass is 9.96. The van der Waals surface area contributed by atoms with Gasteiger partial charge in [0, 0.05) is 0 Å². The van der Waals surface area contributed by atoms with Gasteiger partial charge in [0.25, 0.3) is 10.0 Å². The number of rotatable bonds is 7. The van der Waals surface area contributed by atoms with Gasteiger partial charge in [-0.05, 0) is 81.1 Å². The minimum Gasteiger partial charge on any atom is -0.348 e. The molecule has 1 amide bonds. The van der Waals surface area contributed by atoms with Crippen molar-refractivity contribution < 1.29 is 13.2 Å². The van der Waals surface area contributed by atoms with E-state index in [1.54, 1.807) is 30.3 Å². The van der Waals surface area contributed by atoms with Crippen molar-refractivity contribution in [1.82, 2.24) is 5.32 Å². The molecule has 3 aromatic carbocycles. The van der Waals surface area contributed by atoms with Crippen LogP contribution < -0.4 is 9.62 Å². The highest BCUT2D eigenvalue weighted by molar-refractivity contribution is 7.92. The average Bonchev–Trinajstić information content (AvgIpc) is 2.75. The fourth-order valence-electron chi connectivity index (χ4n) is 3.69. The van der Waals surface area contributed by atoms with Crippen molar-refractivity contribution in [2.24, 2.45) is 0 Å². The van der Waals surface area contributed by atoms with E-state index >= 15 is 0 Å². The normalized spacial score (nSPS) is 12.3. The Morgan fingerprint density at radius 1 is 0.875 bits per heavy atom. The Balaban J connectivity index is 1.89. The molecule has 0 aromatic heterocycles. The van der Waals surface area contributed by atoms with Crippen LogP contribution in [0.5, 0.6) is 0 Å². The summed E-state index contributed by atoms with van der Waals surface area (Å²) in [6.45, 7) is 9.65. The number of nitrogens with zero attached hydrogens (tertiary/aromatic N) is 1. The van der Waals surface area contributed by atoms with E-state index in [0.29, 0.717) is 5.69 Å². The van der Waals surface area contributed by atoms with Crippen LogP contribution in [0, 0.1) is 27.7 Å². The molecule has 0 fully saturated rings. The standard InChI is InChI=1S/C26H30N2O3S/c1-18-11-13-23(14-12-18)28(32(30,31)24-9-7-6-8-10-24)17-26(29)27-22(5)25-16-20(3)19(2)15-21(25)4/h6-16,22H,17H2,1-5H3,(H,27,29). The van der Waals surface area contributed by atoms with Crippen molar-refractivity contribution in [3.8, 4) is 0 Å². The average molecular weight is 451 g/mol. The second-order valence-electron chi connectivity index (χ2n) is 8.24. The number of hydrogen-bond donors (Lipinski definition) is 1. The number of sulfonamides is 1. The van der Waals surface area contributed by atoms with Gasteiger partial charge in [-0.25, -0.2) is 8.42 Å². The topological polar surface area (TPSA) is 66.5 Å². The highest BCUT2D eigenvalue weighted by Crippen LogP contribution is 2.25. The van der Waals surface area contributed by atoms with E-state index in [1.807, 2.05) is 39.8 Å². The van der Waals surface area contributed by atoms with E-state index in [9.17, 15) is 13.2 Å². The zero-order valence-electron chi connectivity index (χ0n) is 19.2. The molecule has 1 unspecified atom stereocenters. The van der Waals surface area contributed by atoms with Crippen molar-refractivity contribution in [2.45, 2.75) is 45.6 Å². The predicted octanol–water partition coefficient (Wildman–Crippen LogP) is 4.99. The first-order valence-corrected chi connectivity index (χ1v) is 12.0. The summed E-state index contributed by atoms with van der Waals surface area (Å²) in [6.07, 6.45) is 0. The largest absolute Gasteiger partial charge is 0.348 e. The first-order chi connectivity index (χ1) is 15.1. The smallest absolute Gasteiger partial charge is 0.264 e. The fraction of sp³-hybridized carbons (Fsp3) is 0.269. The van der Waals surface area contributed by atoms with Gasteiger partial charge in [0.1, 0.15) is 6.54 Å². The monoisotopic (exact) mass is 450 g/mol. The lowest BCUT2D eigenvalue weighted by Gasteiger charge is -2.25. The summed E-state index contributed by atoms with van der Waals surface area (Å²) in [5.74, 6) is -0.366. The molecule has 1 N–H and O–H groups in total. The van der Waals surface area contributed by atoms with E-state index in [4.69, 9.17) is 0 Å². The van der Waals surface area contributed by atoms with Gasteiger partial charge in [0.2, 0.25) is 5.91 Å². The van der Waals surface area contributed by atoms with Gasteiger partial charge < -0.3 is 5.32 Å². The van der Waals surface area contributed by atoms with Crippen LogP contribution in [0.25, 0.3) is 0 Å². The number of amides is 1. The summed E-state index contributed by atoms with van der Waals surface area (Å²) >= 11 is 0. The van der Waals surface area contributed by atoms with E-state index in [1.165, 1.54) is 17.7 Å². The van der Waals surface area contributed by atoms with Crippen LogP contribution in [0.2, 0.25) is 0 Å². The molecule has 0 saturated heterocycles. The number of aryl methyl sites for hydroxylation is 4. The van der Waals surface area contributed by atoms with Crippen molar-refractivity contribution in [3.05, 3.63) is 94.5 Å². The van der Waals surface area contributed by atoms with Gasteiger partial charge in [-0.3, -0.25) is 9.10 Å². The van der Waals surface area contributed by atoms with Gasteiger partial charge >= 0.3 is 0 Å². The number of carbonyl (C=O) groups excluding carboxylic acids is 1. The molecule has 0 saturated carbocycles. The Morgan fingerprint density at radius 3 is 2.09 bits per heavy atom. The van der Waals surface area contributed by atoms with Gasteiger partial charge in [0.15, 0.2) is 0 Å². The van der Waals surface area contributed by atoms with Crippen LogP contribution in [-0.4, -0.2) is 20.9 Å². The van der Waals surface area contributed by atoms with Gasteiger partial charge in [-0.2, -0.15) is 0 Å². The summed E-state index contributed by atoms with van der Waals surface area (Å²) in [7, 11) is -3.91. The molecule has 6 heteroatoms. The lowest BCUT2D eigenvalue weighted by molar-refractivity contribution is -0.120. The minimum atomic E-state index is -3.91. The Morgan fingerprint density at radius 2 is 1.47 bits per heavy atom. The summed E-state index contributed by atoms with van der Waals surface area (Å²) in [6, 6.07) is 19.2. The lowest BCUT2D eigenvalue weighted by Crippen LogP contribution is -2.41. The summed E-state index contributed by atoms with van der Waals surface area (Å²) < 4.78 is 27.9. The molecule has 0 heterocycles. The number of nitrogens with one attached hydrogen (secondary N) is 1. The van der Waals surface area contributed by atoms with Crippen LogP contribution >= 0.6 is 0 Å². The molecular weight excluding hydrogens is 420 g/mol. The number of carbonyl (C=O) groups is 1. The third-order valence-electron chi connectivity index (χ3n) is 5.67. The molecule has 0 spiro atoms. The molecule has 0 bridgehead atoms. The summed E-state index contributed by atoms with van der Waals surface area (Å²) in [5.41, 5.74) is 5.92. The van der Waals surface area contributed by atoms with Gasteiger partial charge in [-0.1, -0.05) is 48.0 Å². The van der Waals surface area contributed by atoms with Crippen LogP contribution in [0.1, 0.15) is 40.8 Å². The molecular formula is C26H30N2O3S. The molecule has 1 atom stereocenters. The summed E-state index contributed by atoms with van der Waals surface area (Å²) in [5, 5.41) is 2.97. The molecule has 3 rings (SSSR count). The quantitative estimate of drug-likeness (QED) is 0.551. The predicted molar refractivity (Wildman–Crippen MR) is 129 cm³/mol. The van der Waals surface area contributed by atoms with Crippen LogP contribution in [0.3, 0.4) is 0 Å². The third-order valence-corrected chi connectivity index (χ3v) is 7.45. The van der Waals surface area contributed by atoms with Gasteiger partial charge in [-0.15, -0.1) is 0 Å². The highest BCUT2D eigenvalue weighted by atomic mass is 32.2. The van der Waals surface area contributed by atoms with Crippen molar-refractivity contribution >= 4 is 21.6 Å². The van der Waals surface area contributed by atoms with Crippen molar-refractivity contribution in [3.63, 3.8) is 0 Å². The Hall–Kier alpha value is -3.12. The number of benzene rings is 3. The zero-order chi connectivity index (χ0) is 23.5.